The van der Waals surface area contributed by atoms with Crippen LogP contribution in [-0.4, -0.2) is 0 Å². The van der Waals surface area contributed by atoms with Gasteiger partial charge in [0.15, 0.2) is 0 Å². The molecule has 1 aromatic carbocycles. The summed E-state index contributed by atoms with van der Waals surface area (Å²) >= 11 is 9.42. The Morgan fingerprint density at radius 1 is 0.920 bits per heavy atom. The number of fused-ring (bicyclic) bond motifs is 1. The lowest BCUT2D eigenvalue weighted by Crippen LogP contribution is -2.25. The molecule has 1 aromatic rings. The molecule has 0 heterocycles. The molecule has 0 aromatic heterocycles. The number of aryl methyl sites for hydroxylation is 1. The van der Waals surface area contributed by atoms with Crippen LogP contribution in [0.4, 0.5) is 0 Å². The predicted octanol–water partition coefficient (Wildman–Crippen LogP) is 6.75. The zero-order valence-corrected chi connectivity index (χ0v) is 17.1. The van der Waals surface area contributed by atoms with Gasteiger partial charge in [-0.3, -0.25) is 0 Å². The predicted molar refractivity (Wildman–Crippen MR) is 114 cm³/mol. The molecule has 25 heavy (non-hydrogen) atoms. The van der Waals surface area contributed by atoms with Gasteiger partial charge in [0.2, 0.25) is 0 Å². The Kier molecular flexibility index (Phi) is 4.32. The Balaban J connectivity index is 1.99. The largest absolute Gasteiger partial charge is 0.148 e. The van der Waals surface area contributed by atoms with E-state index in [0.29, 0.717) is 0 Å². The van der Waals surface area contributed by atoms with Crippen LogP contribution in [-0.2, 0) is 11.8 Å². The average molecular weight is 367 g/mol. The summed E-state index contributed by atoms with van der Waals surface area (Å²) in [7, 11) is 0. The van der Waals surface area contributed by atoms with Gasteiger partial charge in [-0.05, 0) is 102 Å². The van der Waals surface area contributed by atoms with Crippen LogP contribution >= 0.6 is 25.3 Å². The molecule has 3 aliphatic carbocycles. The SMILES string of the molecule is CCc1cc(S)cc(C2(C)C3=C(CCC(C)=C3)C3=C2C=C(S)CC3)c1. The zero-order valence-electron chi connectivity index (χ0n) is 15.3. The van der Waals surface area contributed by atoms with Crippen molar-refractivity contribution in [1.82, 2.24) is 0 Å². The van der Waals surface area contributed by atoms with Crippen LogP contribution in [0.15, 0.2) is 68.0 Å². The average Bonchev–Trinajstić information content (AvgIpc) is 2.84. The number of thiol groups is 2. The molecule has 0 fully saturated rings. The highest BCUT2D eigenvalue weighted by Gasteiger charge is 2.44. The molecule has 0 aliphatic heterocycles. The monoisotopic (exact) mass is 366 g/mol. The maximum Gasteiger partial charge on any atom is 0.0429 e. The molecule has 1 atom stereocenters. The lowest BCUT2D eigenvalue weighted by molar-refractivity contribution is 0.682. The van der Waals surface area contributed by atoms with Gasteiger partial charge in [0.1, 0.15) is 0 Å². The molecule has 4 rings (SSSR count). The van der Waals surface area contributed by atoms with Gasteiger partial charge in [0, 0.05) is 10.3 Å². The highest BCUT2D eigenvalue weighted by atomic mass is 32.1. The Hall–Kier alpha value is -1.12. The number of hydrogen-bond donors (Lipinski definition) is 2. The summed E-state index contributed by atoms with van der Waals surface area (Å²) in [6.45, 7) is 6.90. The third-order valence-corrected chi connectivity index (χ3v) is 6.77. The van der Waals surface area contributed by atoms with Crippen LogP contribution < -0.4 is 0 Å². The van der Waals surface area contributed by atoms with Crippen molar-refractivity contribution in [2.24, 2.45) is 0 Å². The fourth-order valence-corrected chi connectivity index (χ4v) is 5.26. The topological polar surface area (TPSA) is 0 Å². The van der Waals surface area contributed by atoms with Gasteiger partial charge in [0.05, 0.1) is 0 Å². The molecule has 0 bridgehead atoms. The highest BCUT2D eigenvalue weighted by Crippen LogP contribution is 2.56. The molecule has 0 N–H and O–H groups in total. The van der Waals surface area contributed by atoms with Gasteiger partial charge in [0.25, 0.3) is 0 Å². The van der Waals surface area contributed by atoms with Gasteiger partial charge < -0.3 is 0 Å². The summed E-state index contributed by atoms with van der Waals surface area (Å²) in [5.41, 5.74) is 10.3. The minimum atomic E-state index is -0.0800. The molecule has 0 spiro atoms. The van der Waals surface area contributed by atoms with Crippen LogP contribution in [0.3, 0.4) is 0 Å². The highest BCUT2D eigenvalue weighted by molar-refractivity contribution is 7.84. The van der Waals surface area contributed by atoms with Crippen molar-refractivity contribution in [1.29, 1.82) is 0 Å². The Morgan fingerprint density at radius 2 is 1.60 bits per heavy atom. The zero-order chi connectivity index (χ0) is 17.8. The van der Waals surface area contributed by atoms with Crippen LogP contribution in [0.2, 0.25) is 0 Å². The standard InChI is InChI=1S/C23H26S2/c1-4-15-10-16(12-18(25)11-15)23(3)21-9-14(2)5-7-19(21)20-8-6-17(24)13-22(20)23/h9-13,24-25H,4-8H2,1-3H3. The third-order valence-electron chi connectivity index (χ3n) is 6.16. The summed E-state index contributed by atoms with van der Waals surface area (Å²) in [6, 6.07) is 6.85. The Bertz CT molecular complexity index is 833. The number of benzene rings is 1. The third kappa shape index (κ3) is 2.69. The van der Waals surface area contributed by atoms with Crippen molar-refractivity contribution in [2.45, 2.75) is 63.2 Å². The molecule has 0 saturated heterocycles. The van der Waals surface area contributed by atoms with Crippen molar-refractivity contribution in [3.05, 3.63) is 74.2 Å². The van der Waals surface area contributed by atoms with Gasteiger partial charge in [-0.25, -0.2) is 0 Å². The first-order valence-electron chi connectivity index (χ1n) is 9.31. The van der Waals surface area contributed by atoms with E-state index in [1.165, 1.54) is 45.6 Å². The van der Waals surface area contributed by atoms with Crippen molar-refractivity contribution < 1.29 is 0 Å². The minimum absolute atomic E-state index is 0.0800. The van der Waals surface area contributed by atoms with Crippen LogP contribution in [0.25, 0.3) is 0 Å². The van der Waals surface area contributed by atoms with E-state index in [-0.39, 0.29) is 5.41 Å². The molecule has 130 valence electrons. The van der Waals surface area contributed by atoms with Crippen molar-refractivity contribution in [3.8, 4) is 0 Å². The Labute approximate surface area is 162 Å². The molecular formula is C23H26S2. The molecule has 0 nitrogen and oxygen atoms in total. The summed E-state index contributed by atoms with van der Waals surface area (Å²) in [5, 5.41) is 0. The van der Waals surface area contributed by atoms with E-state index in [0.717, 1.165) is 24.2 Å². The minimum Gasteiger partial charge on any atom is -0.148 e. The quantitative estimate of drug-likeness (QED) is 0.531. The number of hydrogen-bond acceptors (Lipinski definition) is 2. The molecule has 2 heteroatoms. The normalized spacial score (nSPS) is 25.6. The van der Waals surface area contributed by atoms with E-state index >= 15 is 0 Å². The van der Waals surface area contributed by atoms with Crippen molar-refractivity contribution >= 4 is 25.3 Å². The van der Waals surface area contributed by atoms with Crippen molar-refractivity contribution in [3.63, 3.8) is 0 Å². The molecule has 3 aliphatic rings. The van der Waals surface area contributed by atoms with E-state index < -0.39 is 0 Å². The first-order chi connectivity index (χ1) is 11.9. The fraction of sp³-hybridized carbons (Fsp3) is 0.391. The first kappa shape index (κ1) is 17.3. The van der Waals surface area contributed by atoms with Gasteiger partial charge in [-0.2, -0.15) is 0 Å². The maximum atomic E-state index is 4.72. The number of allylic oxidation sites excluding steroid dienone is 8. The summed E-state index contributed by atoms with van der Waals surface area (Å²) in [5.74, 6) is 0. The van der Waals surface area contributed by atoms with Gasteiger partial charge >= 0.3 is 0 Å². The first-order valence-corrected chi connectivity index (χ1v) is 10.2. The van der Waals surface area contributed by atoms with Gasteiger partial charge in [-0.15, -0.1) is 25.3 Å². The van der Waals surface area contributed by atoms with Crippen LogP contribution in [0.5, 0.6) is 0 Å². The van der Waals surface area contributed by atoms with Crippen LogP contribution in [0.1, 0.15) is 57.6 Å². The number of rotatable bonds is 2. The second kappa shape index (κ2) is 6.25. The summed E-state index contributed by atoms with van der Waals surface area (Å²) in [4.78, 5) is 2.28. The maximum absolute atomic E-state index is 4.72. The smallest absolute Gasteiger partial charge is 0.0429 e. The molecule has 0 saturated carbocycles. The van der Waals surface area contributed by atoms with Gasteiger partial charge in [-0.1, -0.05) is 24.6 Å². The molecule has 0 amide bonds. The van der Waals surface area contributed by atoms with Crippen molar-refractivity contribution in [2.75, 3.05) is 0 Å². The van der Waals surface area contributed by atoms with E-state index in [1.54, 1.807) is 11.1 Å². The van der Waals surface area contributed by atoms with E-state index in [1.807, 2.05) is 0 Å². The van der Waals surface area contributed by atoms with E-state index in [4.69, 9.17) is 25.3 Å². The van der Waals surface area contributed by atoms with E-state index in [2.05, 4.69) is 51.1 Å². The Morgan fingerprint density at radius 3 is 2.32 bits per heavy atom. The fourth-order valence-electron chi connectivity index (χ4n) is 4.72. The second-order valence-corrected chi connectivity index (χ2v) is 8.87. The molecule has 1 unspecified atom stereocenters. The molecular weight excluding hydrogens is 340 g/mol. The lowest BCUT2D eigenvalue weighted by atomic mass is 9.70. The summed E-state index contributed by atoms with van der Waals surface area (Å²) < 4.78 is 0. The lowest BCUT2D eigenvalue weighted by Gasteiger charge is -2.33. The van der Waals surface area contributed by atoms with Crippen LogP contribution in [0, 0.1) is 0 Å². The van der Waals surface area contributed by atoms with E-state index in [9.17, 15) is 0 Å². The summed E-state index contributed by atoms with van der Waals surface area (Å²) in [6.07, 6.45) is 10.4. The molecule has 0 radical (unpaired) electrons. The second-order valence-electron chi connectivity index (χ2n) is 7.78.